The van der Waals surface area contributed by atoms with Crippen molar-refractivity contribution < 1.29 is 8.63 Å². The minimum atomic E-state index is -2.48. The normalized spacial score (nSPS) is 22.2. The quantitative estimate of drug-likeness (QED) is 0.696. The molecular weight excluding hydrogens is 293 g/mol. The fourth-order valence-electron chi connectivity index (χ4n) is 4.10. The van der Waals surface area contributed by atoms with Crippen LogP contribution in [0.4, 0.5) is 8.63 Å². The number of fused-ring (bicyclic) bond motifs is 2. The second-order valence-electron chi connectivity index (χ2n) is 6.80. The van der Waals surface area contributed by atoms with Gasteiger partial charge in [-0.2, -0.15) is 0 Å². The second-order valence-corrected chi connectivity index (χ2v) is 6.80. The highest BCUT2D eigenvalue weighted by Crippen LogP contribution is 2.35. The Bertz CT molecular complexity index is 716. The molecule has 0 bridgehead atoms. The van der Waals surface area contributed by atoms with Gasteiger partial charge in [-0.1, -0.05) is 0 Å². The number of aliphatic imine (C=N–C) groups is 1. The summed E-state index contributed by atoms with van der Waals surface area (Å²) in [6, 6.07) is 1.98. The molecule has 4 rings (SSSR count). The van der Waals surface area contributed by atoms with Gasteiger partial charge < -0.3 is 4.48 Å². The summed E-state index contributed by atoms with van der Waals surface area (Å²) >= 11 is 0. The third-order valence-corrected chi connectivity index (χ3v) is 5.35. The molecule has 0 atom stereocenters. The van der Waals surface area contributed by atoms with Crippen LogP contribution in [0.25, 0.3) is 5.57 Å². The van der Waals surface area contributed by atoms with E-state index in [0.29, 0.717) is 5.69 Å². The maximum Gasteiger partial charge on any atom is 0.677 e. The number of allylic oxidation sites excluding steroid dienone is 3. The van der Waals surface area contributed by atoms with E-state index in [2.05, 4.69) is 6.08 Å². The lowest BCUT2D eigenvalue weighted by Gasteiger charge is -2.15. The smallest absolute Gasteiger partial charge is 0.329 e. The molecule has 2 aliphatic carbocycles. The van der Waals surface area contributed by atoms with Crippen LogP contribution in [0.3, 0.4) is 0 Å². The van der Waals surface area contributed by atoms with Gasteiger partial charge in [-0.15, -0.1) is 0 Å². The summed E-state index contributed by atoms with van der Waals surface area (Å²) in [5.74, 6) is 0. The van der Waals surface area contributed by atoms with Crippen LogP contribution in [-0.4, -0.2) is 17.6 Å². The van der Waals surface area contributed by atoms with E-state index in [0.717, 1.165) is 61.1 Å². The molecule has 5 heteroatoms. The highest BCUT2D eigenvalue weighted by molar-refractivity contribution is 6.41. The van der Waals surface area contributed by atoms with Gasteiger partial charge in [-0.05, 0) is 87.1 Å². The summed E-state index contributed by atoms with van der Waals surface area (Å²) in [5, 5.41) is 0. The third-order valence-electron chi connectivity index (χ3n) is 5.35. The number of hydrogen-bond acceptors (Lipinski definition) is 1. The van der Waals surface area contributed by atoms with Gasteiger partial charge in [0.1, 0.15) is 0 Å². The van der Waals surface area contributed by atoms with E-state index in [1.54, 1.807) is 0 Å². The molecule has 1 saturated carbocycles. The standard InChI is InChI=1S/C18H21BF2N2/c1-12(16-10-13-6-2-4-8-15(13)22-16)18-11-14-7-3-5-9-17(14)23(18)19(20)21/h10-11H,2-9H2,1H3/b16-12-. The van der Waals surface area contributed by atoms with Gasteiger partial charge in [0.15, 0.2) is 0 Å². The van der Waals surface area contributed by atoms with Crippen molar-refractivity contribution in [3.63, 3.8) is 0 Å². The third kappa shape index (κ3) is 2.50. The average molecular weight is 314 g/mol. The molecule has 0 unspecified atom stereocenters. The highest BCUT2D eigenvalue weighted by Gasteiger charge is 2.29. The molecule has 1 aromatic heterocycles. The first-order chi connectivity index (χ1) is 11.1. The molecule has 0 radical (unpaired) electrons. The van der Waals surface area contributed by atoms with Crippen molar-refractivity contribution in [2.45, 2.75) is 58.3 Å². The number of halogens is 2. The van der Waals surface area contributed by atoms with E-state index in [9.17, 15) is 8.63 Å². The number of hydrogen-bond donors (Lipinski definition) is 0. The molecule has 0 aromatic carbocycles. The first kappa shape index (κ1) is 14.9. The Labute approximate surface area is 136 Å². The van der Waals surface area contributed by atoms with E-state index in [-0.39, 0.29) is 0 Å². The molecule has 0 spiro atoms. The second kappa shape index (κ2) is 5.77. The van der Waals surface area contributed by atoms with Crippen LogP contribution in [0, 0.1) is 0 Å². The summed E-state index contributed by atoms with van der Waals surface area (Å²) in [5.41, 5.74) is 6.83. The Balaban J connectivity index is 1.82. The van der Waals surface area contributed by atoms with Crippen LogP contribution in [0.1, 0.15) is 62.4 Å². The van der Waals surface area contributed by atoms with Crippen LogP contribution in [0.2, 0.25) is 0 Å². The van der Waals surface area contributed by atoms with Crippen molar-refractivity contribution in [1.29, 1.82) is 0 Å². The Morgan fingerprint density at radius 1 is 1.09 bits per heavy atom. The van der Waals surface area contributed by atoms with Crippen molar-refractivity contribution in [3.8, 4) is 0 Å². The summed E-state index contributed by atoms with van der Waals surface area (Å²) < 4.78 is 28.6. The van der Waals surface area contributed by atoms with Gasteiger partial charge in [-0.3, -0.25) is 13.6 Å². The maximum absolute atomic E-state index is 13.7. The molecular formula is C18H21BF2N2. The van der Waals surface area contributed by atoms with E-state index in [4.69, 9.17) is 4.99 Å². The number of nitrogens with zero attached hydrogens (tertiary/aromatic N) is 2. The Morgan fingerprint density at radius 2 is 1.83 bits per heavy atom. The van der Waals surface area contributed by atoms with Gasteiger partial charge in [0.25, 0.3) is 0 Å². The summed E-state index contributed by atoms with van der Waals surface area (Å²) in [6.45, 7) is 1.94. The summed E-state index contributed by atoms with van der Waals surface area (Å²) in [6.07, 6.45) is 10.4. The molecule has 1 aromatic rings. The molecule has 1 aliphatic heterocycles. The van der Waals surface area contributed by atoms with Gasteiger partial charge >= 0.3 is 7.40 Å². The van der Waals surface area contributed by atoms with Crippen LogP contribution in [0.15, 0.2) is 28.4 Å². The zero-order chi connectivity index (χ0) is 16.0. The molecule has 0 N–H and O–H groups in total. The minimum absolute atomic E-state index is 0.654. The summed E-state index contributed by atoms with van der Waals surface area (Å²) in [4.78, 5) is 4.74. The van der Waals surface area contributed by atoms with Crippen LogP contribution in [-0.2, 0) is 12.8 Å². The van der Waals surface area contributed by atoms with Crippen molar-refractivity contribution in [2.24, 2.45) is 4.99 Å². The predicted octanol–water partition coefficient (Wildman–Crippen LogP) is 4.82. The number of aromatic nitrogens is 1. The zero-order valence-electron chi connectivity index (χ0n) is 13.5. The lowest BCUT2D eigenvalue weighted by molar-refractivity contribution is 0.601. The number of aryl methyl sites for hydroxylation is 1. The maximum atomic E-state index is 13.7. The van der Waals surface area contributed by atoms with Crippen molar-refractivity contribution in [1.82, 2.24) is 4.48 Å². The fraction of sp³-hybridized carbons (Fsp3) is 0.500. The molecule has 120 valence electrons. The minimum Gasteiger partial charge on any atom is -0.329 e. The predicted molar refractivity (Wildman–Crippen MR) is 91.0 cm³/mol. The van der Waals surface area contributed by atoms with E-state index in [1.807, 2.05) is 13.0 Å². The van der Waals surface area contributed by atoms with Gasteiger partial charge in [0, 0.05) is 17.1 Å². The van der Waals surface area contributed by atoms with Crippen LogP contribution in [0.5, 0.6) is 0 Å². The Morgan fingerprint density at radius 3 is 2.61 bits per heavy atom. The van der Waals surface area contributed by atoms with E-state index in [1.165, 1.54) is 28.6 Å². The average Bonchev–Trinajstić information content (AvgIpc) is 3.15. The molecule has 0 amide bonds. The Kier molecular flexibility index (Phi) is 3.74. The Hall–Kier alpha value is -1.65. The lowest BCUT2D eigenvalue weighted by Crippen LogP contribution is -2.20. The molecule has 2 heterocycles. The molecule has 3 aliphatic rings. The fourth-order valence-corrected chi connectivity index (χ4v) is 4.10. The topological polar surface area (TPSA) is 17.3 Å². The van der Waals surface area contributed by atoms with Gasteiger partial charge in [-0.25, -0.2) is 0 Å². The summed E-state index contributed by atoms with van der Waals surface area (Å²) in [7, 11) is -2.48. The van der Waals surface area contributed by atoms with Gasteiger partial charge in [0.2, 0.25) is 0 Å². The first-order valence-electron chi connectivity index (χ1n) is 8.66. The largest absolute Gasteiger partial charge is 0.677 e. The SMILES string of the molecule is C/C(=C1\C=C2CCCCC2=N1)c1cc2c(n1B(F)F)CCCC2. The molecule has 23 heavy (non-hydrogen) atoms. The zero-order valence-corrected chi connectivity index (χ0v) is 13.5. The van der Waals surface area contributed by atoms with Crippen molar-refractivity contribution >= 4 is 18.7 Å². The molecule has 2 nitrogen and oxygen atoms in total. The van der Waals surface area contributed by atoms with Gasteiger partial charge in [0.05, 0.1) is 5.70 Å². The monoisotopic (exact) mass is 314 g/mol. The van der Waals surface area contributed by atoms with E-state index >= 15 is 0 Å². The highest BCUT2D eigenvalue weighted by atomic mass is 19.2. The van der Waals surface area contributed by atoms with Crippen molar-refractivity contribution in [2.75, 3.05) is 0 Å². The van der Waals surface area contributed by atoms with Crippen LogP contribution < -0.4 is 0 Å². The lowest BCUT2D eigenvalue weighted by atomic mass is 9.94. The first-order valence-corrected chi connectivity index (χ1v) is 8.66. The van der Waals surface area contributed by atoms with Crippen LogP contribution >= 0.6 is 0 Å². The number of rotatable bonds is 2. The van der Waals surface area contributed by atoms with Crippen molar-refractivity contribution in [3.05, 3.63) is 40.4 Å². The van der Waals surface area contributed by atoms with E-state index < -0.39 is 7.40 Å². The molecule has 0 saturated heterocycles. The molecule has 1 fully saturated rings.